The molecular formula is C16H15BrO3. The third kappa shape index (κ3) is 3.84. The van der Waals surface area contributed by atoms with Gasteiger partial charge in [0.1, 0.15) is 0 Å². The minimum absolute atomic E-state index is 0.0162. The van der Waals surface area contributed by atoms with Crippen LogP contribution in [0, 0.1) is 0 Å². The topological polar surface area (TPSA) is 35.5 Å². The van der Waals surface area contributed by atoms with E-state index in [9.17, 15) is 4.79 Å². The van der Waals surface area contributed by atoms with E-state index in [1.807, 2.05) is 19.9 Å². The number of para-hydroxylation sites is 2. The lowest BCUT2D eigenvalue weighted by Crippen LogP contribution is -2.11. The molecule has 0 saturated carbocycles. The van der Waals surface area contributed by atoms with Crippen LogP contribution in [-0.4, -0.2) is 12.1 Å². The molecule has 0 saturated heterocycles. The minimum Gasteiger partial charge on any atom is -0.487 e. The van der Waals surface area contributed by atoms with Crippen molar-refractivity contribution in [3.8, 4) is 11.5 Å². The summed E-state index contributed by atoms with van der Waals surface area (Å²) in [5.41, 5.74) is 0.493. The highest BCUT2D eigenvalue weighted by Crippen LogP contribution is 2.28. The monoisotopic (exact) mass is 334 g/mol. The zero-order chi connectivity index (χ0) is 14.5. The van der Waals surface area contributed by atoms with Gasteiger partial charge in [0.25, 0.3) is 0 Å². The van der Waals surface area contributed by atoms with Crippen LogP contribution in [0.4, 0.5) is 0 Å². The number of carbonyl (C=O) groups is 1. The van der Waals surface area contributed by atoms with Crippen molar-refractivity contribution in [1.29, 1.82) is 0 Å². The van der Waals surface area contributed by atoms with Crippen molar-refractivity contribution in [2.75, 3.05) is 0 Å². The molecule has 0 aliphatic carbocycles. The van der Waals surface area contributed by atoms with Crippen LogP contribution in [0.1, 0.15) is 24.2 Å². The fraction of sp³-hybridized carbons (Fsp3) is 0.188. The molecule has 0 radical (unpaired) electrons. The van der Waals surface area contributed by atoms with Crippen molar-refractivity contribution in [1.82, 2.24) is 0 Å². The summed E-state index contributed by atoms with van der Waals surface area (Å²) in [5.74, 6) is 0.583. The maximum absolute atomic E-state index is 12.1. The Balaban J connectivity index is 2.17. The molecule has 0 bridgehead atoms. The van der Waals surface area contributed by atoms with Crippen molar-refractivity contribution in [3.63, 3.8) is 0 Å². The Labute approximate surface area is 126 Å². The predicted molar refractivity (Wildman–Crippen MR) is 81.3 cm³/mol. The second-order valence-corrected chi connectivity index (χ2v) is 5.43. The number of benzene rings is 2. The Morgan fingerprint density at radius 2 is 1.60 bits per heavy atom. The highest BCUT2D eigenvalue weighted by Gasteiger charge is 2.12. The van der Waals surface area contributed by atoms with Crippen LogP contribution in [0.5, 0.6) is 11.5 Å². The summed E-state index contributed by atoms with van der Waals surface area (Å²) in [6.45, 7) is 3.85. The molecular weight excluding hydrogens is 320 g/mol. The van der Waals surface area contributed by atoms with Crippen LogP contribution in [0.3, 0.4) is 0 Å². The van der Waals surface area contributed by atoms with Crippen LogP contribution in [0.15, 0.2) is 53.0 Å². The number of rotatable bonds is 4. The van der Waals surface area contributed by atoms with E-state index in [0.29, 0.717) is 17.1 Å². The first kappa shape index (κ1) is 14.6. The standard InChI is InChI=1S/C16H15BrO3/c1-11(2)19-14-5-3-4-6-15(14)20-16(18)12-7-9-13(17)10-8-12/h3-11H,1-2H3. The van der Waals surface area contributed by atoms with Gasteiger partial charge in [0.2, 0.25) is 0 Å². The number of ether oxygens (including phenoxy) is 2. The maximum atomic E-state index is 12.1. The van der Waals surface area contributed by atoms with E-state index in [4.69, 9.17) is 9.47 Å². The van der Waals surface area contributed by atoms with Crippen LogP contribution < -0.4 is 9.47 Å². The van der Waals surface area contributed by atoms with Gasteiger partial charge in [0.15, 0.2) is 11.5 Å². The van der Waals surface area contributed by atoms with Gasteiger partial charge in [-0.1, -0.05) is 28.1 Å². The zero-order valence-corrected chi connectivity index (χ0v) is 12.9. The summed E-state index contributed by atoms with van der Waals surface area (Å²) in [6.07, 6.45) is 0.0162. The van der Waals surface area contributed by atoms with Gasteiger partial charge >= 0.3 is 5.97 Å². The van der Waals surface area contributed by atoms with E-state index in [0.717, 1.165) is 4.47 Å². The molecule has 104 valence electrons. The van der Waals surface area contributed by atoms with E-state index < -0.39 is 5.97 Å². The molecule has 0 fully saturated rings. The van der Waals surface area contributed by atoms with Gasteiger partial charge in [-0.2, -0.15) is 0 Å². The number of esters is 1. The van der Waals surface area contributed by atoms with E-state index in [1.54, 1.807) is 42.5 Å². The van der Waals surface area contributed by atoms with Crippen molar-refractivity contribution in [2.45, 2.75) is 20.0 Å². The summed E-state index contributed by atoms with van der Waals surface area (Å²) in [6, 6.07) is 14.2. The molecule has 20 heavy (non-hydrogen) atoms. The van der Waals surface area contributed by atoms with Crippen molar-refractivity contribution in [2.24, 2.45) is 0 Å². The molecule has 4 heteroatoms. The lowest BCUT2D eigenvalue weighted by Gasteiger charge is -2.13. The van der Waals surface area contributed by atoms with Crippen molar-refractivity contribution >= 4 is 21.9 Å². The van der Waals surface area contributed by atoms with E-state index >= 15 is 0 Å². The summed E-state index contributed by atoms with van der Waals surface area (Å²) in [7, 11) is 0. The Bertz CT molecular complexity index is 591. The number of hydrogen-bond acceptors (Lipinski definition) is 3. The molecule has 0 aromatic heterocycles. The molecule has 0 aliphatic rings. The van der Waals surface area contributed by atoms with Gasteiger partial charge in [0.05, 0.1) is 11.7 Å². The Kier molecular flexibility index (Phi) is 4.79. The van der Waals surface area contributed by atoms with Crippen LogP contribution >= 0.6 is 15.9 Å². The second kappa shape index (κ2) is 6.57. The normalized spacial score (nSPS) is 10.4. The third-order valence-electron chi connectivity index (χ3n) is 2.49. The van der Waals surface area contributed by atoms with Gasteiger partial charge in [-0.25, -0.2) is 4.79 Å². The van der Waals surface area contributed by atoms with Crippen LogP contribution in [-0.2, 0) is 0 Å². The molecule has 0 N–H and O–H groups in total. The fourth-order valence-corrected chi connectivity index (χ4v) is 1.89. The largest absolute Gasteiger partial charge is 0.487 e. The molecule has 0 heterocycles. The number of hydrogen-bond donors (Lipinski definition) is 0. The lowest BCUT2D eigenvalue weighted by atomic mass is 10.2. The maximum Gasteiger partial charge on any atom is 0.343 e. The second-order valence-electron chi connectivity index (χ2n) is 4.51. The highest BCUT2D eigenvalue weighted by molar-refractivity contribution is 9.10. The highest BCUT2D eigenvalue weighted by atomic mass is 79.9. The average Bonchev–Trinajstić information content (AvgIpc) is 2.41. The molecule has 0 unspecified atom stereocenters. The third-order valence-corrected chi connectivity index (χ3v) is 3.02. The van der Waals surface area contributed by atoms with Crippen LogP contribution in [0.2, 0.25) is 0 Å². The fourth-order valence-electron chi connectivity index (χ4n) is 1.63. The first-order valence-electron chi connectivity index (χ1n) is 6.29. The summed E-state index contributed by atoms with van der Waals surface area (Å²) >= 11 is 3.33. The summed E-state index contributed by atoms with van der Waals surface area (Å²) in [4.78, 5) is 12.1. The Morgan fingerprint density at radius 3 is 2.20 bits per heavy atom. The molecule has 0 aliphatic heterocycles. The molecule has 0 spiro atoms. The molecule has 2 rings (SSSR count). The van der Waals surface area contributed by atoms with E-state index in [-0.39, 0.29) is 6.10 Å². The SMILES string of the molecule is CC(C)Oc1ccccc1OC(=O)c1ccc(Br)cc1. The first-order chi connectivity index (χ1) is 9.56. The van der Waals surface area contributed by atoms with Crippen LogP contribution in [0.25, 0.3) is 0 Å². The lowest BCUT2D eigenvalue weighted by molar-refractivity contribution is 0.0725. The zero-order valence-electron chi connectivity index (χ0n) is 11.3. The van der Waals surface area contributed by atoms with Crippen molar-refractivity contribution < 1.29 is 14.3 Å². The summed E-state index contributed by atoms with van der Waals surface area (Å²) < 4.78 is 11.9. The smallest absolute Gasteiger partial charge is 0.343 e. The predicted octanol–water partition coefficient (Wildman–Crippen LogP) is 4.46. The summed E-state index contributed by atoms with van der Waals surface area (Å²) in [5, 5.41) is 0. The molecule has 2 aromatic rings. The van der Waals surface area contributed by atoms with E-state index in [1.165, 1.54) is 0 Å². The Hall–Kier alpha value is -1.81. The first-order valence-corrected chi connectivity index (χ1v) is 7.09. The number of halogens is 1. The quantitative estimate of drug-likeness (QED) is 0.611. The van der Waals surface area contributed by atoms with Gasteiger partial charge in [0, 0.05) is 4.47 Å². The molecule has 0 amide bonds. The van der Waals surface area contributed by atoms with Gasteiger partial charge in [-0.3, -0.25) is 0 Å². The molecule has 2 aromatic carbocycles. The Morgan fingerprint density at radius 1 is 1.00 bits per heavy atom. The van der Waals surface area contributed by atoms with Crippen molar-refractivity contribution in [3.05, 3.63) is 58.6 Å². The van der Waals surface area contributed by atoms with Gasteiger partial charge in [-0.05, 0) is 50.2 Å². The van der Waals surface area contributed by atoms with Gasteiger partial charge < -0.3 is 9.47 Å². The molecule has 3 nitrogen and oxygen atoms in total. The number of carbonyl (C=O) groups excluding carboxylic acids is 1. The minimum atomic E-state index is -0.405. The van der Waals surface area contributed by atoms with Gasteiger partial charge in [-0.15, -0.1) is 0 Å². The average molecular weight is 335 g/mol. The molecule has 0 atom stereocenters. The van der Waals surface area contributed by atoms with E-state index in [2.05, 4.69) is 15.9 Å².